The van der Waals surface area contributed by atoms with Gasteiger partial charge in [-0.2, -0.15) is 0 Å². The molecule has 0 radical (unpaired) electrons. The Balaban J connectivity index is 0.000000360. The van der Waals surface area contributed by atoms with E-state index in [2.05, 4.69) is 0 Å². The third-order valence-electron chi connectivity index (χ3n) is 0.667. The van der Waals surface area contributed by atoms with Crippen LogP contribution in [-0.4, -0.2) is 0 Å². The molecule has 0 saturated carbocycles. The van der Waals surface area contributed by atoms with E-state index in [9.17, 15) is 0 Å². The standard InChI is InChI=1S/C6H6.CH3/c1-2-4-6-5-3-1;/h1-6H;1H3/q;-1. The van der Waals surface area contributed by atoms with Crippen LogP contribution in [0.15, 0.2) is 36.4 Å². The van der Waals surface area contributed by atoms with Gasteiger partial charge in [-0.05, 0) is 0 Å². The maximum absolute atomic E-state index is 2.00. The summed E-state index contributed by atoms with van der Waals surface area (Å²) >= 11 is 0. The van der Waals surface area contributed by atoms with Crippen LogP contribution in [0.2, 0.25) is 0 Å². The Bertz CT molecular complexity index is 72.0. The van der Waals surface area contributed by atoms with Gasteiger partial charge in [0.05, 0.1) is 0 Å². The van der Waals surface area contributed by atoms with Gasteiger partial charge < -0.3 is 7.43 Å². The van der Waals surface area contributed by atoms with E-state index in [1.54, 1.807) is 0 Å². The molecule has 0 aromatic heterocycles. The van der Waals surface area contributed by atoms with E-state index < -0.39 is 0 Å². The van der Waals surface area contributed by atoms with Crippen LogP contribution in [0.5, 0.6) is 0 Å². The topological polar surface area (TPSA) is 0 Å². The van der Waals surface area contributed by atoms with Gasteiger partial charge in [-0.15, -0.1) is 0 Å². The summed E-state index contributed by atoms with van der Waals surface area (Å²) < 4.78 is 0. The minimum Gasteiger partial charge on any atom is -0.358 e. The van der Waals surface area contributed by atoms with E-state index in [-0.39, 0.29) is 7.43 Å². The Morgan fingerprint density at radius 1 is 0.429 bits per heavy atom. The Hall–Kier alpha value is -0.780. The molecule has 0 heteroatoms. The summed E-state index contributed by atoms with van der Waals surface area (Å²) in [5, 5.41) is 0. The quantitative estimate of drug-likeness (QED) is 0.431. The highest BCUT2D eigenvalue weighted by molar-refractivity contribution is 4.99. The highest BCUT2D eigenvalue weighted by atomic mass is 13.6. The van der Waals surface area contributed by atoms with Gasteiger partial charge >= 0.3 is 0 Å². The molecule has 0 nitrogen and oxygen atoms in total. The van der Waals surface area contributed by atoms with E-state index in [0.29, 0.717) is 0 Å². The van der Waals surface area contributed by atoms with Crippen molar-refractivity contribution in [1.29, 1.82) is 0 Å². The number of rotatable bonds is 0. The van der Waals surface area contributed by atoms with E-state index >= 15 is 0 Å². The third kappa shape index (κ3) is 1.99. The predicted molar refractivity (Wildman–Crippen MR) is 32.9 cm³/mol. The average Bonchev–Trinajstić information content (AvgIpc) is 1.72. The predicted octanol–water partition coefficient (Wildman–Crippen LogP) is 2.14. The number of hydrogen-bond acceptors (Lipinski definition) is 0. The third-order valence-corrected chi connectivity index (χ3v) is 0.667. The highest BCUT2D eigenvalue weighted by Crippen LogP contribution is 1.79. The largest absolute Gasteiger partial charge is 0.358 e. The average molecular weight is 93.1 g/mol. The summed E-state index contributed by atoms with van der Waals surface area (Å²) in [6.45, 7) is 0. The lowest BCUT2D eigenvalue weighted by atomic mass is 10.4. The first kappa shape index (κ1) is 6.22. The Kier molecular flexibility index (Phi) is 3.03. The van der Waals surface area contributed by atoms with Crippen LogP contribution in [0, 0.1) is 7.43 Å². The summed E-state index contributed by atoms with van der Waals surface area (Å²) in [4.78, 5) is 0. The second-order valence-electron chi connectivity index (χ2n) is 1.15. The Morgan fingerprint density at radius 2 is 0.571 bits per heavy atom. The molecule has 0 spiro atoms. The summed E-state index contributed by atoms with van der Waals surface area (Å²) in [6, 6.07) is 12.0. The molecule has 0 aliphatic heterocycles. The summed E-state index contributed by atoms with van der Waals surface area (Å²) in [7, 11) is 0. The van der Waals surface area contributed by atoms with Gasteiger partial charge in [-0.1, -0.05) is 36.4 Å². The van der Waals surface area contributed by atoms with Crippen LogP contribution in [-0.2, 0) is 0 Å². The normalized spacial score (nSPS) is 6.86. The monoisotopic (exact) mass is 93.1 g/mol. The molecule has 0 aliphatic carbocycles. The fraction of sp³-hybridized carbons (Fsp3) is 0. The highest BCUT2D eigenvalue weighted by Gasteiger charge is 1.57. The van der Waals surface area contributed by atoms with Crippen LogP contribution in [0.1, 0.15) is 0 Å². The van der Waals surface area contributed by atoms with Crippen molar-refractivity contribution in [3.63, 3.8) is 0 Å². The Labute approximate surface area is 44.8 Å². The van der Waals surface area contributed by atoms with Crippen molar-refractivity contribution in [3.05, 3.63) is 43.8 Å². The molecule has 0 aliphatic rings. The zero-order chi connectivity index (χ0) is 4.24. The van der Waals surface area contributed by atoms with Crippen LogP contribution in [0.25, 0.3) is 0 Å². The molecule has 38 valence electrons. The first-order valence-corrected chi connectivity index (χ1v) is 2.00. The molecule has 1 aromatic rings. The molecule has 0 bridgehead atoms. The number of hydrogen-bond donors (Lipinski definition) is 0. The van der Waals surface area contributed by atoms with E-state index in [1.807, 2.05) is 36.4 Å². The van der Waals surface area contributed by atoms with Gasteiger partial charge in [0.2, 0.25) is 0 Å². The fourth-order valence-electron chi connectivity index (χ4n) is 0.385. The molecule has 0 atom stereocenters. The van der Waals surface area contributed by atoms with Crippen LogP contribution in [0.3, 0.4) is 0 Å². The zero-order valence-electron chi connectivity index (χ0n) is 4.46. The van der Waals surface area contributed by atoms with E-state index in [1.165, 1.54) is 0 Å². The van der Waals surface area contributed by atoms with Gasteiger partial charge in [-0.25, -0.2) is 0 Å². The molecule has 0 amide bonds. The molecule has 0 saturated heterocycles. The molecule has 0 N–H and O–H groups in total. The minimum absolute atomic E-state index is 0. The summed E-state index contributed by atoms with van der Waals surface area (Å²) in [5.41, 5.74) is 0. The Morgan fingerprint density at radius 3 is 0.714 bits per heavy atom. The van der Waals surface area contributed by atoms with Crippen LogP contribution >= 0.6 is 0 Å². The van der Waals surface area contributed by atoms with Crippen molar-refractivity contribution < 1.29 is 0 Å². The van der Waals surface area contributed by atoms with Crippen LogP contribution in [0.4, 0.5) is 0 Å². The molecule has 0 unspecified atom stereocenters. The van der Waals surface area contributed by atoms with Crippen molar-refractivity contribution in [2.45, 2.75) is 0 Å². The van der Waals surface area contributed by atoms with Gasteiger partial charge in [0, 0.05) is 0 Å². The lowest BCUT2D eigenvalue weighted by Crippen LogP contribution is -1.47. The summed E-state index contributed by atoms with van der Waals surface area (Å²) in [5.74, 6) is 0. The smallest absolute Gasteiger partial charge is 0.0623 e. The van der Waals surface area contributed by atoms with Crippen molar-refractivity contribution >= 4 is 0 Å². The lowest BCUT2D eigenvalue weighted by molar-refractivity contribution is 1.72. The molecule has 1 rings (SSSR count). The zero-order valence-corrected chi connectivity index (χ0v) is 4.46. The molecular weight excluding hydrogens is 84.1 g/mol. The van der Waals surface area contributed by atoms with Gasteiger partial charge in [-0.3, -0.25) is 0 Å². The SMILES string of the molecule is [CH3-].c1ccccc1. The van der Waals surface area contributed by atoms with Gasteiger partial charge in [0.25, 0.3) is 0 Å². The molecular formula is C7H9-. The van der Waals surface area contributed by atoms with Crippen molar-refractivity contribution in [2.24, 2.45) is 0 Å². The van der Waals surface area contributed by atoms with Crippen molar-refractivity contribution in [2.75, 3.05) is 0 Å². The first-order chi connectivity index (χ1) is 3.00. The number of benzene rings is 1. The second kappa shape index (κ2) is 3.41. The lowest BCUT2D eigenvalue weighted by Gasteiger charge is -1.69. The maximum Gasteiger partial charge on any atom is -0.0623 e. The summed E-state index contributed by atoms with van der Waals surface area (Å²) in [6.07, 6.45) is 0. The molecule has 0 fully saturated rings. The first-order valence-electron chi connectivity index (χ1n) is 2.00. The van der Waals surface area contributed by atoms with E-state index in [0.717, 1.165) is 0 Å². The molecule has 1 aromatic carbocycles. The second-order valence-corrected chi connectivity index (χ2v) is 1.15. The maximum atomic E-state index is 2.00. The van der Waals surface area contributed by atoms with Gasteiger partial charge in [0.1, 0.15) is 0 Å². The van der Waals surface area contributed by atoms with Gasteiger partial charge in [0.15, 0.2) is 0 Å². The molecule has 7 heavy (non-hydrogen) atoms. The van der Waals surface area contributed by atoms with Crippen molar-refractivity contribution in [3.8, 4) is 0 Å². The fourth-order valence-corrected chi connectivity index (χ4v) is 0.385. The molecule has 0 heterocycles. The van der Waals surface area contributed by atoms with Crippen molar-refractivity contribution in [1.82, 2.24) is 0 Å². The van der Waals surface area contributed by atoms with E-state index in [4.69, 9.17) is 0 Å². The van der Waals surface area contributed by atoms with Crippen LogP contribution < -0.4 is 0 Å². The minimum atomic E-state index is 0.